The Morgan fingerprint density at radius 1 is 1.17 bits per heavy atom. The average Bonchev–Trinajstić information content (AvgIpc) is 3.21. The van der Waals surface area contributed by atoms with Gasteiger partial charge in [0.05, 0.1) is 7.11 Å². The summed E-state index contributed by atoms with van der Waals surface area (Å²) in [6, 6.07) is 12.8. The van der Waals surface area contributed by atoms with Crippen LogP contribution in [0.3, 0.4) is 0 Å². The summed E-state index contributed by atoms with van der Waals surface area (Å²) >= 11 is 3.18. The molecule has 3 aromatic rings. The molecule has 3 rings (SSSR count). The molecule has 0 fully saturated rings. The fourth-order valence-electron chi connectivity index (χ4n) is 2.54. The highest BCUT2D eigenvalue weighted by molar-refractivity contribution is 9.10. The van der Waals surface area contributed by atoms with Crippen molar-refractivity contribution in [2.75, 3.05) is 12.4 Å². The number of hydrogen-bond acceptors (Lipinski definition) is 7. The number of ketones is 2. The minimum Gasteiger partial charge on any atom is -0.497 e. The zero-order valence-corrected chi connectivity index (χ0v) is 17.6. The lowest BCUT2D eigenvalue weighted by molar-refractivity contribution is -0.117. The summed E-state index contributed by atoms with van der Waals surface area (Å²) in [4.78, 5) is 29.3. The summed E-state index contributed by atoms with van der Waals surface area (Å²) in [6.07, 6.45) is 1.85. The first-order chi connectivity index (χ1) is 14.0. The molecule has 0 aliphatic heterocycles. The van der Waals surface area contributed by atoms with Gasteiger partial charge in [0, 0.05) is 19.2 Å². The molecule has 0 amide bonds. The molecule has 0 spiro atoms. The second-order valence-corrected chi connectivity index (χ2v) is 7.04. The highest BCUT2D eigenvalue weighted by atomic mass is 79.9. The normalized spacial score (nSPS) is 11.7. The molecule has 0 saturated carbocycles. The second-order valence-electron chi connectivity index (χ2n) is 6.12. The Hall–Kier alpha value is -3.07. The standard InChI is InChI=1S/C20H20BrN5O3/c1-3-15(27)17(21)19(28)18-20(23-12-13-7-9-14(29-2)10-8-13)25-26(24-18)16-6-4-5-11-22-16/h4-11,17H,3,12H2,1-2H3,(H,23,25). The lowest BCUT2D eigenvalue weighted by atomic mass is 10.1. The van der Waals surface area contributed by atoms with Crippen LogP contribution in [0.15, 0.2) is 48.7 Å². The minimum atomic E-state index is -0.970. The van der Waals surface area contributed by atoms with E-state index in [1.165, 1.54) is 4.80 Å². The highest BCUT2D eigenvalue weighted by Gasteiger charge is 2.29. The molecule has 1 N–H and O–H groups in total. The second kappa shape index (κ2) is 9.42. The van der Waals surface area contributed by atoms with Crippen molar-refractivity contribution in [2.24, 2.45) is 0 Å². The topological polar surface area (TPSA) is 99.0 Å². The lowest BCUT2D eigenvalue weighted by Crippen LogP contribution is -2.25. The summed E-state index contributed by atoms with van der Waals surface area (Å²) in [6.45, 7) is 2.12. The van der Waals surface area contributed by atoms with E-state index in [9.17, 15) is 9.59 Å². The number of nitrogens with zero attached hydrogens (tertiary/aromatic N) is 4. The molecule has 29 heavy (non-hydrogen) atoms. The molecule has 2 aromatic heterocycles. The third-order valence-electron chi connectivity index (χ3n) is 4.18. The van der Waals surface area contributed by atoms with Crippen LogP contribution in [0.5, 0.6) is 5.75 Å². The molecule has 0 bridgehead atoms. The number of rotatable bonds is 9. The molecular formula is C20H20BrN5O3. The summed E-state index contributed by atoms with van der Waals surface area (Å²) < 4.78 is 5.16. The number of methoxy groups -OCH3 is 1. The molecule has 8 nitrogen and oxygen atoms in total. The first-order valence-corrected chi connectivity index (χ1v) is 9.91. The van der Waals surface area contributed by atoms with Crippen LogP contribution >= 0.6 is 15.9 Å². The summed E-state index contributed by atoms with van der Waals surface area (Å²) in [5.41, 5.74) is 1.05. The maximum atomic E-state index is 12.8. The summed E-state index contributed by atoms with van der Waals surface area (Å²) in [5.74, 6) is 0.836. The smallest absolute Gasteiger partial charge is 0.208 e. The molecule has 9 heteroatoms. The fourth-order valence-corrected chi connectivity index (χ4v) is 3.08. The summed E-state index contributed by atoms with van der Waals surface area (Å²) in [5, 5.41) is 11.8. The van der Waals surface area contributed by atoms with E-state index in [1.807, 2.05) is 24.3 Å². The first kappa shape index (κ1) is 20.7. The van der Waals surface area contributed by atoms with Crippen molar-refractivity contribution < 1.29 is 14.3 Å². The third-order valence-corrected chi connectivity index (χ3v) is 5.11. The molecule has 1 unspecified atom stereocenters. The van der Waals surface area contributed by atoms with Crippen LogP contribution in [-0.4, -0.2) is 43.5 Å². The van der Waals surface area contributed by atoms with E-state index >= 15 is 0 Å². The number of benzene rings is 1. The number of aromatic nitrogens is 4. The average molecular weight is 458 g/mol. The van der Waals surface area contributed by atoms with Crippen LogP contribution in [0, 0.1) is 0 Å². The Kier molecular flexibility index (Phi) is 6.71. The molecule has 150 valence electrons. The van der Waals surface area contributed by atoms with E-state index in [0.29, 0.717) is 12.4 Å². The maximum absolute atomic E-state index is 12.8. The van der Waals surface area contributed by atoms with Crippen LogP contribution < -0.4 is 10.1 Å². The van der Waals surface area contributed by atoms with Gasteiger partial charge < -0.3 is 10.1 Å². The van der Waals surface area contributed by atoms with Crippen LogP contribution in [0.2, 0.25) is 0 Å². The molecule has 1 aromatic carbocycles. The SMILES string of the molecule is CCC(=O)C(Br)C(=O)c1nn(-c2ccccn2)nc1NCc1ccc(OC)cc1. The Labute approximate surface area is 176 Å². The molecule has 2 heterocycles. The fraction of sp³-hybridized carbons (Fsp3) is 0.250. The van der Waals surface area contributed by atoms with E-state index in [0.717, 1.165) is 11.3 Å². The van der Waals surface area contributed by atoms with Crippen LogP contribution in [-0.2, 0) is 11.3 Å². The van der Waals surface area contributed by atoms with Gasteiger partial charge in [0.2, 0.25) is 5.78 Å². The molecule has 1 atom stereocenters. The van der Waals surface area contributed by atoms with Gasteiger partial charge in [-0.2, -0.15) is 0 Å². The van der Waals surface area contributed by atoms with Crippen molar-refractivity contribution >= 4 is 33.3 Å². The van der Waals surface area contributed by atoms with Gasteiger partial charge in [-0.25, -0.2) is 4.98 Å². The number of hydrogen-bond donors (Lipinski definition) is 1. The lowest BCUT2D eigenvalue weighted by Gasteiger charge is -2.08. The molecular weight excluding hydrogens is 438 g/mol. The van der Waals surface area contributed by atoms with Crippen molar-refractivity contribution in [3.8, 4) is 11.6 Å². The number of Topliss-reactive ketones (excluding diaryl/α,β-unsaturated/α-hetero) is 2. The van der Waals surface area contributed by atoms with E-state index in [2.05, 4.69) is 36.4 Å². The van der Waals surface area contributed by atoms with Crippen LogP contribution in [0.4, 0.5) is 5.82 Å². The number of pyridine rings is 1. The zero-order valence-electron chi connectivity index (χ0n) is 16.0. The number of anilines is 1. The van der Waals surface area contributed by atoms with Gasteiger partial charge in [0.25, 0.3) is 0 Å². The first-order valence-electron chi connectivity index (χ1n) is 9.00. The number of carbonyl (C=O) groups is 2. The quantitative estimate of drug-likeness (QED) is 0.299. The molecule has 0 saturated heterocycles. The van der Waals surface area contributed by atoms with Crippen molar-refractivity contribution in [2.45, 2.75) is 24.7 Å². The largest absolute Gasteiger partial charge is 0.497 e. The van der Waals surface area contributed by atoms with E-state index in [1.54, 1.807) is 38.4 Å². The van der Waals surface area contributed by atoms with Gasteiger partial charge >= 0.3 is 0 Å². The molecule has 0 aliphatic rings. The predicted octanol–water partition coefficient (Wildman–Crippen LogP) is 3.21. The number of nitrogens with one attached hydrogen (secondary N) is 1. The monoisotopic (exact) mass is 457 g/mol. The Morgan fingerprint density at radius 3 is 2.55 bits per heavy atom. The highest BCUT2D eigenvalue weighted by Crippen LogP contribution is 2.20. The van der Waals surface area contributed by atoms with E-state index in [-0.39, 0.29) is 23.7 Å². The van der Waals surface area contributed by atoms with Gasteiger partial charge in [-0.15, -0.1) is 15.0 Å². The van der Waals surface area contributed by atoms with Crippen molar-refractivity contribution in [1.29, 1.82) is 0 Å². The number of carbonyl (C=O) groups excluding carboxylic acids is 2. The minimum absolute atomic E-state index is 0.0767. The van der Waals surface area contributed by atoms with Crippen molar-refractivity contribution in [3.05, 3.63) is 59.9 Å². The number of alkyl halides is 1. The Balaban J connectivity index is 1.89. The van der Waals surface area contributed by atoms with Gasteiger partial charge in [-0.05, 0) is 29.8 Å². The zero-order chi connectivity index (χ0) is 20.8. The molecule has 0 radical (unpaired) electrons. The van der Waals surface area contributed by atoms with Crippen molar-refractivity contribution in [1.82, 2.24) is 20.0 Å². The predicted molar refractivity (Wildman–Crippen MR) is 112 cm³/mol. The number of ether oxygens (including phenoxy) is 1. The van der Waals surface area contributed by atoms with Crippen molar-refractivity contribution in [3.63, 3.8) is 0 Å². The Bertz CT molecular complexity index is 989. The molecule has 0 aliphatic carbocycles. The Morgan fingerprint density at radius 2 is 1.93 bits per heavy atom. The maximum Gasteiger partial charge on any atom is 0.208 e. The van der Waals surface area contributed by atoms with Crippen LogP contribution in [0.25, 0.3) is 5.82 Å². The van der Waals surface area contributed by atoms with E-state index in [4.69, 9.17) is 4.74 Å². The van der Waals surface area contributed by atoms with Gasteiger partial charge in [0.1, 0.15) is 10.6 Å². The summed E-state index contributed by atoms with van der Waals surface area (Å²) in [7, 11) is 1.61. The van der Waals surface area contributed by atoms with Gasteiger partial charge in [0.15, 0.2) is 23.1 Å². The third kappa shape index (κ3) is 4.86. The number of halogens is 1. The van der Waals surface area contributed by atoms with Gasteiger partial charge in [-0.3, -0.25) is 9.59 Å². The van der Waals surface area contributed by atoms with Crippen LogP contribution in [0.1, 0.15) is 29.4 Å². The van der Waals surface area contributed by atoms with Gasteiger partial charge in [-0.1, -0.05) is 41.1 Å². The van der Waals surface area contributed by atoms with E-state index < -0.39 is 10.6 Å².